The summed E-state index contributed by atoms with van der Waals surface area (Å²) >= 11 is 3.13. The molecule has 2 aromatic rings. The molecular weight excluding hydrogens is 352 g/mol. The van der Waals surface area contributed by atoms with Gasteiger partial charge in [0.25, 0.3) is 17.4 Å². The summed E-state index contributed by atoms with van der Waals surface area (Å²) in [6.07, 6.45) is 0.894. The monoisotopic (exact) mass is 362 g/mol. The van der Waals surface area contributed by atoms with Crippen molar-refractivity contribution < 1.29 is 14.4 Å². The molecule has 0 saturated carbocycles. The Labute approximate surface area is 133 Å². The lowest BCUT2D eigenvalue weighted by Gasteiger charge is -2.19. The predicted molar refractivity (Wildman–Crippen MR) is 81.2 cm³/mol. The molecule has 0 radical (unpaired) electrons. The van der Waals surface area contributed by atoms with Gasteiger partial charge in [-0.1, -0.05) is 12.1 Å². The molecule has 1 aromatic heterocycles. The van der Waals surface area contributed by atoms with Gasteiger partial charge in [0.15, 0.2) is 0 Å². The number of benzene rings is 1. The molecule has 1 aromatic carbocycles. The number of hydrogen-bond donors (Lipinski definition) is 1. The summed E-state index contributed by atoms with van der Waals surface area (Å²) in [5.74, 6) is -0.980. The molecule has 0 saturated heterocycles. The van der Waals surface area contributed by atoms with Crippen molar-refractivity contribution in [1.82, 2.24) is 10.0 Å². The van der Waals surface area contributed by atoms with Crippen molar-refractivity contribution in [3.63, 3.8) is 0 Å². The van der Waals surface area contributed by atoms with Crippen LogP contribution in [0.25, 0.3) is 0 Å². The fourth-order valence-corrected chi connectivity index (χ4v) is 2.57. The van der Waals surface area contributed by atoms with Gasteiger partial charge in [0, 0.05) is 11.8 Å². The highest BCUT2D eigenvalue weighted by Crippen LogP contribution is 2.27. The molecule has 3 rings (SSSR count). The predicted octanol–water partition coefficient (Wildman–Crippen LogP) is 2.43. The number of imide groups is 1. The van der Waals surface area contributed by atoms with Gasteiger partial charge in [-0.25, -0.2) is 0 Å². The maximum absolute atomic E-state index is 12.2. The van der Waals surface area contributed by atoms with Gasteiger partial charge in [-0.05, 0) is 41.1 Å². The molecule has 7 heteroatoms. The van der Waals surface area contributed by atoms with Crippen LogP contribution in [-0.2, 0) is 4.84 Å². The molecule has 1 unspecified atom stereocenters. The molecule has 1 atom stereocenters. The molecule has 0 spiro atoms. The maximum atomic E-state index is 12.2. The number of aromatic nitrogens is 1. The van der Waals surface area contributed by atoms with Crippen LogP contribution in [0.5, 0.6) is 0 Å². The topological polar surface area (TPSA) is 79.5 Å². The van der Waals surface area contributed by atoms with Gasteiger partial charge < -0.3 is 4.98 Å². The first-order valence-electron chi connectivity index (χ1n) is 6.51. The van der Waals surface area contributed by atoms with Crippen LogP contribution in [-0.4, -0.2) is 21.9 Å². The van der Waals surface area contributed by atoms with Crippen molar-refractivity contribution in [1.29, 1.82) is 0 Å². The van der Waals surface area contributed by atoms with Crippen molar-refractivity contribution in [2.75, 3.05) is 0 Å². The Bertz CT molecular complexity index is 795. The van der Waals surface area contributed by atoms with Gasteiger partial charge >= 0.3 is 0 Å². The van der Waals surface area contributed by atoms with E-state index in [0.717, 1.165) is 5.06 Å². The summed E-state index contributed by atoms with van der Waals surface area (Å²) in [6.45, 7) is 1.68. The van der Waals surface area contributed by atoms with Gasteiger partial charge in [0.05, 0.1) is 15.6 Å². The van der Waals surface area contributed by atoms with Gasteiger partial charge in [0.1, 0.15) is 6.10 Å². The highest BCUT2D eigenvalue weighted by Gasteiger charge is 2.37. The molecule has 0 fully saturated rings. The van der Waals surface area contributed by atoms with Crippen molar-refractivity contribution in [3.8, 4) is 0 Å². The molecule has 2 amide bonds. The number of H-pyrrole nitrogens is 1. The van der Waals surface area contributed by atoms with E-state index < -0.39 is 17.9 Å². The highest BCUT2D eigenvalue weighted by atomic mass is 79.9. The number of hydrogen-bond acceptors (Lipinski definition) is 4. The first-order chi connectivity index (χ1) is 10.5. The van der Waals surface area contributed by atoms with Crippen LogP contribution in [0.1, 0.15) is 39.3 Å². The summed E-state index contributed by atoms with van der Waals surface area (Å²) in [5, 5.41) is 0.758. The Balaban J connectivity index is 1.85. The number of pyridine rings is 1. The molecule has 1 aliphatic heterocycles. The molecule has 0 aliphatic carbocycles. The van der Waals surface area contributed by atoms with Crippen LogP contribution < -0.4 is 5.56 Å². The zero-order valence-corrected chi connectivity index (χ0v) is 13.1. The Kier molecular flexibility index (Phi) is 3.67. The number of fused-ring (bicyclic) bond motifs is 1. The van der Waals surface area contributed by atoms with E-state index in [2.05, 4.69) is 20.9 Å². The summed E-state index contributed by atoms with van der Waals surface area (Å²) < 4.78 is 0.350. The number of carbonyl (C=O) groups is 2. The second kappa shape index (κ2) is 5.51. The number of aromatic amines is 1. The first-order valence-corrected chi connectivity index (χ1v) is 7.31. The number of hydroxylamine groups is 2. The van der Waals surface area contributed by atoms with E-state index in [4.69, 9.17) is 4.84 Å². The van der Waals surface area contributed by atoms with Crippen LogP contribution >= 0.6 is 15.9 Å². The SMILES string of the molecule is CC(ON1C(=O)c2ccccc2C1=O)c1c[nH]c(=O)c(Br)c1. The summed E-state index contributed by atoms with van der Waals surface area (Å²) in [6, 6.07) is 8.13. The Morgan fingerprint density at radius 1 is 1.14 bits per heavy atom. The summed E-state index contributed by atoms with van der Waals surface area (Å²) in [5.41, 5.74) is 1.00. The van der Waals surface area contributed by atoms with E-state index >= 15 is 0 Å². The Morgan fingerprint density at radius 2 is 1.73 bits per heavy atom. The normalized spacial score (nSPS) is 15.1. The lowest BCUT2D eigenvalue weighted by molar-refractivity contribution is -0.128. The van der Waals surface area contributed by atoms with Crippen LogP contribution in [0, 0.1) is 0 Å². The fourth-order valence-electron chi connectivity index (χ4n) is 2.19. The average Bonchev–Trinajstić information content (AvgIpc) is 2.75. The lowest BCUT2D eigenvalue weighted by Crippen LogP contribution is -2.31. The van der Waals surface area contributed by atoms with Crippen molar-refractivity contribution in [3.05, 3.63) is 68.0 Å². The second-order valence-corrected chi connectivity index (χ2v) is 5.66. The minimum Gasteiger partial charge on any atom is -0.328 e. The summed E-state index contributed by atoms with van der Waals surface area (Å²) in [7, 11) is 0. The van der Waals surface area contributed by atoms with Gasteiger partial charge in [-0.2, -0.15) is 0 Å². The standard InChI is InChI=1S/C15H11BrN2O4/c1-8(9-6-12(16)13(19)17-7-9)22-18-14(20)10-4-2-3-5-11(10)15(18)21/h2-8H,1H3,(H,17,19). The number of nitrogens with one attached hydrogen (secondary N) is 1. The van der Waals surface area contributed by atoms with Gasteiger partial charge in [-0.3, -0.25) is 19.2 Å². The number of amides is 2. The average molecular weight is 363 g/mol. The number of carbonyl (C=O) groups excluding carboxylic acids is 2. The minimum absolute atomic E-state index is 0.267. The first kappa shape index (κ1) is 14.7. The zero-order valence-electron chi connectivity index (χ0n) is 11.5. The molecule has 1 N–H and O–H groups in total. The van der Waals surface area contributed by atoms with Crippen LogP contribution in [0.4, 0.5) is 0 Å². The van der Waals surface area contributed by atoms with Crippen molar-refractivity contribution in [2.24, 2.45) is 0 Å². The van der Waals surface area contributed by atoms with Crippen LogP contribution in [0.3, 0.4) is 0 Å². The van der Waals surface area contributed by atoms with E-state index in [1.165, 1.54) is 6.20 Å². The summed E-state index contributed by atoms with van der Waals surface area (Å²) in [4.78, 5) is 43.8. The van der Waals surface area contributed by atoms with E-state index in [0.29, 0.717) is 21.2 Å². The third-order valence-electron chi connectivity index (χ3n) is 3.37. The third kappa shape index (κ3) is 2.38. The van der Waals surface area contributed by atoms with Crippen molar-refractivity contribution >= 4 is 27.7 Å². The lowest BCUT2D eigenvalue weighted by atomic mass is 10.1. The quantitative estimate of drug-likeness (QED) is 0.850. The van der Waals surface area contributed by atoms with Crippen LogP contribution in [0.15, 0.2) is 45.8 Å². The van der Waals surface area contributed by atoms with E-state index in [-0.39, 0.29) is 5.56 Å². The molecule has 1 aliphatic rings. The number of halogens is 1. The number of nitrogens with zero attached hydrogens (tertiary/aromatic N) is 1. The van der Waals surface area contributed by atoms with Crippen LogP contribution in [0.2, 0.25) is 0 Å². The number of rotatable bonds is 3. The zero-order chi connectivity index (χ0) is 15.9. The molecule has 22 heavy (non-hydrogen) atoms. The van der Waals surface area contributed by atoms with E-state index in [9.17, 15) is 14.4 Å². The van der Waals surface area contributed by atoms with Gasteiger partial charge in [0.2, 0.25) is 0 Å². The van der Waals surface area contributed by atoms with Gasteiger partial charge in [-0.15, -0.1) is 5.06 Å². The molecule has 2 heterocycles. The molecule has 112 valence electrons. The maximum Gasteiger partial charge on any atom is 0.285 e. The second-order valence-electron chi connectivity index (χ2n) is 4.81. The molecule has 0 bridgehead atoms. The Morgan fingerprint density at radius 3 is 2.27 bits per heavy atom. The molecule has 6 nitrogen and oxygen atoms in total. The fraction of sp³-hybridized carbons (Fsp3) is 0.133. The third-order valence-corrected chi connectivity index (χ3v) is 3.96. The van der Waals surface area contributed by atoms with Crippen molar-refractivity contribution in [2.45, 2.75) is 13.0 Å². The van der Waals surface area contributed by atoms with E-state index in [1.807, 2.05) is 0 Å². The minimum atomic E-state index is -0.588. The molecular formula is C15H11BrN2O4. The Hall–Kier alpha value is -2.25. The highest BCUT2D eigenvalue weighted by molar-refractivity contribution is 9.10. The van der Waals surface area contributed by atoms with E-state index in [1.54, 1.807) is 37.3 Å². The smallest absolute Gasteiger partial charge is 0.285 e. The largest absolute Gasteiger partial charge is 0.328 e.